The van der Waals surface area contributed by atoms with Crippen LogP contribution in [0.3, 0.4) is 0 Å². The molecule has 0 radical (unpaired) electrons. The number of halogens is 1. The van der Waals surface area contributed by atoms with E-state index in [9.17, 15) is 28.8 Å². The lowest BCUT2D eigenvalue weighted by Crippen LogP contribution is -2.54. The SMILES string of the molecule is O=C1CCC(N2C(=O)c3ccc(OCCCCC(=O)N4CCC5(CC4)CCN(c4cncc(Nc6ncc(Cl)c(-c7cccc(-c8ccccc8)c7)n6)c4)C5=O)cc3C2=O)C(=O)N1. The van der Waals surface area contributed by atoms with Crippen LogP contribution in [0.5, 0.6) is 5.75 Å². The predicted octanol–water partition coefficient (Wildman–Crippen LogP) is 6.60. The Morgan fingerprint density at radius 2 is 1.59 bits per heavy atom. The summed E-state index contributed by atoms with van der Waals surface area (Å²) < 4.78 is 5.87. The summed E-state index contributed by atoms with van der Waals surface area (Å²) in [6.07, 6.45) is 8.36. The van der Waals surface area contributed by atoms with E-state index in [1.54, 1.807) is 29.6 Å². The summed E-state index contributed by atoms with van der Waals surface area (Å²) >= 11 is 6.59. The maximum absolute atomic E-state index is 14.0. The Kier molecular flexibility index (Phi) is 11.4. The fourth-order valence-corrected chi connectivity index (χ4v) is 9.06. The summed E-state index contributed by atoms with van der Waals surface area (Å²) in [5.41, 5.74) is 4.63. The van der Waals surface area contributed by atoms with Gasteiger partial charge in [0.1, 0.15) is 11.8 Å². The van der Waals surface area contributed by atoms with Crippen LogP contribution in [-0.4, -0.2) is 92.5 Å². The number of carbonyl (C=O) groups is 6. The number of hydrogen-bond donors (Lipinski definition) is 2. The van der Waals surface area contributed by atoms with Crippen molar-refractivity contribution in [2.45, 2.75) is 57.4 Å². The monoisotopic (exact) mass is 866 g/mol. The van der Waals surface area contributed by atoms with Crippen molar-refractivity contribution in [1.29, 1.82) is 0 Å². The number of hydrogen-bond acceptors (Lipinski definition) is 11. The Labute approximate surface area is 367 Å². The number of ether oxygens (including phenoxy) is 1. The highest BCUT2D eigenvalue weighted by Crippen LogP contribution is 2.43. The predicted molar refractivity (Wildman–Crippen MR) is 233 cm³/mol. The zero-order chi connectivity index (χ0) is 43.7. The summed E-state index contributed by atoms with van der Waals surface area (Å²) in [4.78, 5) is 95.4. The van der Waals surface area contributed by atoms with Crippen molar-refractivity contribution in [3.05, 3.63) is 114 Å². The topological polar surface area (TPSA) is 184 Å². The molecule has 0 aliphatic carbocycles. The maximum Gasteiger partial charge on any atom is 0.262 e. The lowest BCUT2D eigenvalue weighted by molar-refractivity contribution is -0.137. The second-order valence-corrected chi connectivity index (χ2v) is 16.6. The number of amides is 6. The van der Waals surface area contributed by atoms with E-state index < -0.39 is 35.1 Å². The Hall–Kier alpha value is -7.00. The molecule has 4 aliphatic rings. The minimum absolute atomic E-state index is 0.0294. The molecule has 1 atom stereocenters. The van der Waals surface area contributed by atoms with Crippen LogP contribution in [0.4, 0.5) is 17.3 Å². The van der Waals surface area contributed by atoms with Gasteiger partial charge in [-0.05, 0) is 80.0 Å². The Morgan fingerprint density at radius 3 is 2.40 bits per heavy atom. The van der Waals surface area contributed by atoms with E-state index in [2.05, 4.69) is 32.7 Å². The average Bonchev–Trinajstić information content (AvgIpc) is 3.74. The molecule has 1 unspecified atom stereocenters. The number of nitrogens with zero attached hydrogens (tertiary/aromatic N) is 6. The first-order valence-electron chi connectivity index (χ1n) is 21.1. The van der Waals surface area contributed by atoms with E-state index in [1.165, 1.54) is 12.1 Å². The number of benzene rings is 3. The fraction of sp³-hybridized carbons (Fsp3) is 0.298. The molecule has 2 aromatic heterocycles. The summed E-state index contributed by atoms with van der Waals surface area (Å²) in [6.45, 7) is 1.83. The molecule has 3 saturated heterocycles. The number of unbranched alkanes of at least 4 members (excludes halogenated alkanes) is 1. The molecule has 320 valence electrons. The zero-order valence-corrected chi connectivity index (χ0v) is 35.0. The van der Waals surface area contributed by atoms with Gasteiger partial charge in [-0.25, -0.2) is 9.97 Å². The lowest BCUT2D eigenvalue weighted by Gasteiger charge is -2.38. The minimum atomic E-state index is -1.04. The molecule has 63 heavy (non-hydrogen) atoms. The molecule has 15 nitrogen and oxygen atoms in total. The number of piperidine rings is 2. The number of pyridine rings is 1. The molecule has 0 bridgehead atoms. The molecule has 0 saturated carbocycles. The highest BCUT2D eigenvalue weighted by molar-refractivity contribution is 6.33. The average molecular weight is 867 g/mol. The van der Waals surface area contributed by atoms with Crippen LogP contribution >= 0.6 is 11.6 Å². The fourth-order valence-electron chi connectivity index (χ4n) is 8.86. The summed E-state index contributed by atoms with van der Waals surface area (Å²) in [6, 6.07) is 23.5. The largest absolute Gasteiger partial charge is 0.494 e. The number of nitrogens with one attached hydrogen (secondary N) is 2. The number of rotatable bonds is 12. The van der Waals surface area contributed by atoms with Gasteiger partial charge in [0.2, 0.25) is 29.6 Å². The number of anilines is 3. The second kappa shape index (κ2) is 17.4. The van der Waals surface area contributed by atoms with Gasteiger partial charge in [0, 0.05) is 38.0 Å². The molecule has 9 rings (SSSR count). The van der Waals surface area contributed by atoms with Crippen molar-refractivity contribution < 1.29 is 33.5 Å². The van der Waals surface area contributed by atoms with Gasteiger partial charge in [-0.2, -0.15) is 0 Å². The van der Waals surface area contributed by atoms with Crippen molar-refractivity contribution in [2.24, 2.45) is 5.41 Å². The van der Waals surface area contributed by atoms with Crippen LogP contribution in [0.25, 0.3) is 22.4 Å². The van der Waals surface area contributed by atoms with Crippen molar-refractivity contribution in [1.82, 2.24) is 30.1 Å². The summed E-state index contributed by atoms with van der Waals surface area (Å²) in [7, 11) is 0. The van der Waals surface area contributed by atoms with Gasteiger partial charge in [0.15, 0.2) is 0 Å². The molecule has 3 aromatic carbocycles. The third-order valence-corrected chi connectivity index (χ3v) is 12.6. The van der Waals surface area contributed by atoms with E-state index in [1.807, 2.05) is 53.4 Å². The zero-order valence-electron chi connectivity index (χ0n) is 34.2. The van der Waals surface area contributed by atoms with Crippen LogP contribution in [0.2, 0.25) is 5.02 Å². The highest BCUT2D eigenvalue weighted by atomic mass is 35.5. The standard InChI is InChI=1S/C47H43ClN8O7/c48-37-28-50-46(53-41(37)31-10-6-9-30(23-31)29-7-2-1-3-8-29)51-32-24-33(27-49-26-32)55-21-18-47(45(55)62)16-19-54(20-17-47)40(58)11-4-5-22-63-34-12-13-35-36(25-34)44(61)56(43(35)60)38-14-15-39(57)52-42(38)59/h1-3,6-10,12-13,23-28,38H,4-5,11,14-22H2,(H,50,51,53)(H,52,57,59). The molecule has 5 aromatic rings. The Morgan fingerprint density at radius 1 is 0.825 bits per heavy atom. The van der Waals surface area contributed by atoms with Gasteiger partial charge in [0.05, 0.1) is 63.8 Å². The number of likely N-dealkylation sites (tertiary alicyclic amines) is 1. The Balaban J connectivity index is 0.744. The molecule has 6 heterocycles. The van der Waals surface area contributed by atoms with Crippen molar-refractivity contribution in [3.8, 4) is 28.1 Å². The molecular weight excluding hydrogens is 824 g/mol. The molecule has 16 heteroatoms. The first kappa shape index (κ1) is 41.4. The first-order chi connectivity index (χ1) is 30.6. The highest BCUT2D eigenvalue weighted by Gasteiger charge is 2.49. The maximum atomic E-state index is 14.0. The van der Waals surface area contributed by atoms with Gasteiger partial charge in [-0.15, -0.1) is 0 Å². The molecule has 3 fully saturated rings. The normalized spacial score (nSPS) is 18.2. The van der Waals surface area contributed by atoms with E-state index in [-0.39, 0.29) is 35.8 Å². The van der Waals surface area contributed by atoms with E-state index in [4.69, 9.17) is 21.3 Å². The number of aromatic nitrogens is 3. The number of imide groups is 2. The van der Waals surface area contributed by atoms with Gasteiger partial charge in [-0.1, -0.05) is 60.1 Å². The van der Waals surface area contributed by atoms with E-state index >= 15 is 0 Å². The smallest absolute Gasteiger partial charge is 0.262 e. The molecule has 1 spiro atoms. The summed E-state index contributed by atoms with van der Waals surface area (Å²) in [5, 5.41) is 5.84. The van der Waals surface area contributed by atoms with Gasteiger partial charge in [0.25, 0.3) is 11.8 Å². The van der Waals surface area contributed by atoms with E-state index in [0.717, 1.165) is 21.6 Å². The molecule has 4 aliphatic heterocycles. The second-order valence-electron chi connectivity index (χ2n) is 16.2. The van der Waals surface area contributed by atoms with Crippen LogP contribution in [-0.2, 0) is 19.2 Å². The van der Waals surface area contributed by atoms with Crippen LogP contribution in [0, 0.1) is 5.41 Å². The van der Waals surface area contributed by atoms with Crippen LogP contribution in [0.15, 0.2) is 97.5 Å². The van der Waals surface area contributed by atoms with Crippen molar-refractivity contribution in [3.63, 3.8) is 0 Å². The van der Waals surface area contributed by atoms with Gasteiger partial charge in [-0.3, -0.25) is 44.0 Å². The molecule has 6 amide bonds. The molecule has 2 N–H and O–H groups in total. The van der Waals surface area contributed by atoms with E-state index in [0.29, 0.717) is 98.6 Å². The summed E-state index contributed by atoms with van der Waals surface area (Å²) in [5.74, 6) is -1.48. The third-order valence-electron chi connectivity index (χ3n) is 12.3. The molecular formula is C47H43ClN8O7. The third kappa shape index (κ3) is 8.35. The lowest BCUT2D eigenvalue weighted by atomic mass is 9.77. The van der Waals surface area contributed by atoms with Crippen LogP contribution in [0.1, 0.15) is 72.1 Å². The van der Waals surface area contributed by atoms with Gasteiger partial charge < -0.3 is 19.9 Å². The Bertz CT molecular complexity index is 2650. The first-order valence-corrected chi connectivity index (χ1v) is 21.4. The number of carbonyl (C=O) groups excluding carboxylic acids is 6. The quantitative estimate of drug-likeness (QED) is 0.102. The number of fused-ring (bicyclic) bond motifs is 1. The minimum Gasteiger partial charge on any atom is -0.494 e. The van der Waals surface area contributed by atoms with Crippen LogP contribution < -0.4 is 20.3 Å². The van der Waals surface area contributed by atoms with Crippen molar-refractivity contribution >= 4 is 64.4 Å². The van der Waals surface area contributed by atoms with Crippen molar-refractivity contribution in [2.75, 3.05) is 36.5 Å². The van der Waals surface area contributed by atoms with Gasteiger partial charge >= 0.3 is 0 Å².